The summed E-state index contributed by atoms with van der Waals surface area (Å²) >= 11 is 0. The lowest BCUT2D eigenvalue weighted by Gasteiger charge is -2.38. The van der Waals surface area contributed by atoms with Crippen molar-refractivity contribution in [2.45, 2.75) is 72.4 Å². The molecule has 0 unspecified atom stereocenters. The van der Waals surface area contributed by atoms with E-state index in [1.165, 1.54) is 18.4 Å². The molecule has 1 aliphatic rings. The van der Waals surface area contributed by atoms with Crippen molar-refractivity contribution in [3.8, 4) is 0 Å². The molecule has 0 bridgehead atoms. The maximum Gasteiger partial charge on any atom is 0.101 e. The third kappa shape index (κ3) is 3.33. The molecule has 1 rings (SSSR count). The van der Waals surface area contributed by atoms with E-state index in [9.17, 15) is 4.39 Å². The molecule has 0 amide bonds. The second-order valence-electron chi connectivity index (χ2n) is 5.65. The second kappa shape index (κ2) is 5.84. The van der Waals surface area contributed by atoms with Gasteiger partial charge in [0.15, 0.2) is 0 Å². The Morgan fingerprint density at radius 1 is 1.50 bits per heavy atom. The molecule has 0 aliphatic heterocycles. The van der Waals surface area contributed by atoms with Crippen LogP contribution in [0.15, 0.2) is 11.6 Å². The van der Waals surface area contributed by atoms with Gasteiger partial charge in [0.2, 0.25) is 0 Å². The Hall–Kier alpha value is -0.330. The van der Waals surface area contributed by atoms with E-state index < -0.39 is 6.17 Å². The van der Waals surface area contributed by atoms with E-state index in [-0.39, 0.29) is 5.41 Å². The van der Waals surface area contributed by atoms with Crippen LogP contribution < -0.4 is 0 Å². The quantitative estimate of drug-likeness (QED) is 0.559. The van der Waals surface area contributed by atoms with E-state index in [0.717, 1.165) is 19.3 Å². The highest BCUT2D eigenvalue weighted by Gasteiger charge is 2.33. The molecule has 1 heteroatoms. The van der Waals surface area contributed by atoms with Gasteiger partial charge in [0.1, 0.15) is 6.17 Å². The minimum Gasteiger partial charge on any atom is -0.247 e. The van der Waals surface area contributed by atoms with Crippen molar-refractivity contribution in [3.05, 3.63) is 11.6 Å². The normalized spacial score (nSPS) is 32.3. The maximum absolute atomic E-state index is 13.7. The number of hydrogen-bond acceptors (Lipinski definition) is 0. The van der Waals surface area contributed by atoms with Crippen molar-refractivity contribution >= 4 is 0 Å². The van der Waals surface area contributed by atoms with Gasteiger partial charge in [-0.25, -0.2) is 4.39 Å². The number of hydrogen-bond donors (Lipinski definition) is 0. The van der Waals surface area contributed by atoms with E-state index in [0.29, 0.717) is 12.3 Å². The van der Waals surface area contributed by atoms with Crippen LogP contribution in [0.1, 0.15) is 66.2 Å². The Kier molecular flexibility index (Phi) is 5.01. The van der Waals surface area contributed by atoms with Gasteiger partial charge in [0.25, 0.3) is 0 Å². The summed E-state index contributed by atoms with van der Waals surface area (Å²) in [5, 5.41) is 0. The number of allylic oxidation sites excluding steroid dienone is 2. The monoisotopic (exact) mass is 226 g/mol. The topological polar surface area (TPSA) is 0 Å². The second-order valence-corrected chi connectivity index (χ2v) is 5.65. The third-order valence-electron chi connectivity index (χ3n) is 4.21. The SMILES string of the molecule is CCC[C@@]1(C[C@H](F)CC)C=C(C)[C@H](C)CC1. The van der Waals surface area contributed by atoms with Gasteiger partial charge in [0.05, 0.1) is 0 Å². The minimum absolute atomic E-state index is 0.167. The zero-order valence-corrected chi connectivity index (χ0v) is 11.4. The fraction of sp³-hybridized carbons (Fsp3) is 0.867. The van der Waals surface area contributed by atoms with Crippen LogP contribution in [0.5, 0.6) is 0 Å². The van der Waals surface area contributed by atoms with Crippen molar-refractivity contribution in [2.24, 2.45) is 11.3 Å². The molecule has 0 aromatic rings. The molecule has 0 fully saturated rings. The van der Waals surface area contributed by atoms with Crippen LogP contribution in [0.2, 0.25) is 0 Å². The summed E-state index contributed by atoms with van der Waals surface area (Å²) in [6.07, 6.45) is 7.90. The van der Waals surface area contributed by atoms with E-state index >= 15 is 0 Å². The molecule has 0 N–H and O–H groups in total. The lowest BCUT2D eigenvalue weighted by Crippen LogP contribution is -2.27. The number of halogens is 1. The maximum atomic E-state index is 13.7. The highest BCUT2D eigenvalue weighted by Crippen LogP contribution is 2.44. The molecule has 0 aromatic heterocycles. The fourth-order valence-electron chi connectivity index (χ4n) is 2.97. The van der Waals surface area contributed by atoms with Gasteiger partial charge in [0, 0.05) is 0 Å². The fourth-order valence-corrected chi connectivity index (χ4v) is 2.97. The lowest BCUT2D eigenvalue weighted by atomic mass is 9.68. The van der Waals surface area contributed by atoms with Crippen molar-refractivity contribution in [1.29, 1.82) is 0 Å². The first kappa shape index (κ1) is 13.7. The van der Waals surface area contributed by atoms with Gasteiger partial charge in [-0.1, -0.05) is 38.8 Å². The highest BCUT2D eigenvalue weighted by atomic mass is 19.1. The molecule has 0 saturated heterocycles. The summed E-state index contributed by atoms with van der Waals surface area (Å²) in [5.41, 5.74) is 1.64. The highest BCUT2D eigenvalue weighted by molar-refractivity contribution is 5.14. The predicted molar refractivity (Wildman–Crippen MR) is 69.3 cm³/mol. The molecule has 0 aromatic carbocycles. The van der Waals surface area contributed by atoms with Crippen LogP contribution in [-0.4, -0.2) is 6.17 Å². The Balaban J connectivity index is 2.80. The van der Waals surface area contributed by atoms with Crippen LogP contribution in [0.4, 0.5) is 4.39 Å². The minimum atomic E-state index is -0.621. The van der Waals surface area contributed by atoms with Crippen LogP contribution in [0, 0.1) is 11.3 Å². The molecular weight excluding hydrogens is 199 g/mol. The van der Waals surface area contributed by atoms with Crippen LogP contribution >= 0.6 is 0 Å². The molecule has 0 radical (unpaired) electrons. The van der Waals surface area contributed by atoms with Crippen molar-refractivity contribution in [1.82, 2.24) is 0 Å². The summed E-state index contributed by atoms with van der Waals surface area (Å²) in [6, 6.07) is 0. The predicted octanol–water partition coefficient (Wildman–Crippen LogP) is 5.29. The standard InChI is InChI=1S/C15H27F/c1-5-8-15(11-14(16)6-2)9-7-12(3)13(4)10-15/h10,12,14H,5-9,11H2,1-4H3/t12-,14-,15+/m1/s1. The first-order chi connectivity index (χ1) is 7.53. The van der Waals surface area contributed by atoms with Crippen molar-refractivity contribution < 1.29 is 4.39 Å². The molecule has 1 aliphatic carbocycles. The molecular formula is C15H27F. The molecule has 0 spiro atoms. The average Bonchev–Trinajstić information content (AvgIpc) is 2.24. The van der Waals surface area contributed by atoms with Gasteiger partial charge >= 0.3 is 0 Å². The molecule has 94 valence electrons. The largest absolute Gasteiger partial charge is 0.247 e. The van der Waals surface area contributed by atoms with Crippen molar-refractivity contribution in [2.75, 3.05) is 0 Å². The van der Waals surface area contributed by atoms with Gasteiger partial charge in [-0.3, -0.25) is 0 Å². The van der Waals surface area contributed by atoms with Crippen molar-refractivity contribution in [3.63, 3.8) is 0 Å². The first-order valence-corrected chi connectivity index (χ1v) is 6.86. The van der Waals surface area contributed by atoms with Crippen LogP contribution in [0.25, 0.3) is 0 Å². The van der Waals surface area contributed by atoms with Gasteiger partial charge in [-0.2, -0.15) is 0 Å². The number of rotatable bonds is 5. The summed E-state index contributed by atoms with van der Waals surface area (Å²) in [6.45, 7) is 8.66. The lowest BCUT2D eigenvalue weighted by molar-refractivity contribution is 0.173. The van der Waals surface area contributed by atoms with Gasteiger partial charge < -0.3 is 0 Å². The zero-order chi connectivity index (χ0) is 12.2. The van der Waals surface area contributed by atoms with Crippen LogP contribution in [0.3, 0.4) is 0 Å². The summed E-state index contributed by atoms with van der Waals surface area (Å²) < 4.78 is 13.7. The Morgan fingerprint density at radius 2 is 2.19 bits per heavy atom. The zero-order valence-electron chi connectivity index (χ0n) is 11.4. The molecule has 0 heterocycles. The third-order valence-corrected chi connectivity index (χ3v) is 4.21. The molecule has 3 atom stereocenters. The molecule has 0 nitrogen and oxygen atoms in total. The Morgan fingerprint density at radius 3 is 2.69 bits per heavy atom. The first-order valence-electron chi connectivity index (χ1n) is 6.86. The summed E-state index contributed by atoms with van der Waals surface area (Å²) in [7, 11) is 0. The number of alkyl halides is 1. The average molecular weight is 226 g/mol. The molecule has 16 heavy (non-hydrogen) atoms. The van der Waals surface area contributed by atoms with E-state index in [1.807, 2.05) is 6.92 Å². The van der Waals surface area contributed by atoms with E-state index in [2.05, 4.69) is 26.8 Å². The summed E-state index contributed by atoms with van der Waals surface area (Å²) in [4.78, 5) is 0. The van der Waals surface area contributed by atoms with E-state index in [4.69, 9.17) is 0 Å². The smallest absolute Gasteiger partial charge is 0.101 e. The Bertz CT molecular complexity index is 244. The molecule has 0 saturated carbocycles. The van der Waals surface area contributed by atoms with E-state index in [1.54, 1.807) is 0 Å². The summed E-state index contributed by atoms with van der Waals surface area (Å²) in [5.74, 6) is 0.699. The van der Waals surface area contributed by atoms with Gasteiger partial charge in [-0.05, 0) is 50.4 Å². The Labute approximate surface area is 100 Å². The van der Waals surface area contributed by atoms with Crippen LogP contribution in [-0.2, 0) is 0 Å². The van der Waals surface area contributed by atoms with Gasteiger partial charge in [-0.15, -0.1) is 0 Å².